The molecule has 82 valence electrons. The summed E-state index contributed by atoms with van der Waals surface area (Å²) < 4.78 is 24.7. The number of carbonyl (C=O) groups is 1. The first-order chi connectivity index (χ1) is 6.91. The van der Waals surface area contributed by atoms with Crippen molar-refractivity contribution in [3.63, 3.8) is 0 Å². The lowest BCUT2D eigenvalue weighted by Crippen LogP contribution is -2.29. The molecule has 1 aromatic rings. The number of sulfonamides is 1. The van der Waals surface area contributed by atoms with Crippen molar-refractivity contribution >= 4 is 15.9 Å². The second kappa shape index (κ2) is 4.39. The highest BCUT2D eigenvalue weighted by atomic mass is 32.2. The Kier molecular flexibility index (Phi) is 3.41. The molecule has 6 heteroatoms. The quantitative estimate of drug-likeness (QED) is 0.810. The van der Waals surface area contributed by atoms with Gasteiger partial charge in [0.15, 0.2) is 0 Å². The third-order valence-corrected chi connectivity index (χ3v) is 3.00. The van der Waals surface area contributed by atoms with E-state index in [-0.39, 0.29) is 5.75 Å². The number of aromatic nitrogens is 1. The molecule has 1 heterocycles. The molecule has 0 saturated carbocycles. The van der Waals surface area contributed by atoms with Crippen LogP contribution in [0.5, 0.6) is 0 Å². The number of carbonyl (C=O) groups excluding carboxylic acids is 1. The van der Waals surface area contributed by atoms with E-state index in [1.807, 2.05) is 4.72 Å². The first-order valence-electron chi connectivity index (χ1n) is 4.32. The molecule has 1 rings (SSSR count). The molecule has 0 aliphatic carbocycles. The summed E-state index contributed by atoms with van der Waals surface area (Å²) in [6.45, 7) is 2.93. The number of hydrogen-bond acceptors (Lipinski definition) is 4. The van der Waals surface area contributed by atoms with Crippen LogP contribution in [0.4, 0.5) is 0 Å². The van der Waals surface area contributed by atoms with Gasteiger partial charge in [-0.1, -0.05) is 6.07 Å². The average molecular weight is 228 g/mol. The number of nitrogens with zero attached hydrogens (tertiary/aromatic N) is 1. The molecule has 0 aliphatic rings. The monoisotopic (exact) mass is 228 g/mol. The predicted octanol–water partition coefficient (Wildman–Crippen LogP) is 0.356. The molecule has 0 fully saturated rings. The second-order valence-electron chi connectivity index (χ2n) is 3.18. The van der Waals surface area contributed by atoms with Gasteiger partial charge in [-0.2, -0.15) is 0 Å². The van der Waals surface area contributed by atoms with Crippen molar-refractivity contribution in [1.29, 1.82) is 0 Å². The molecule has 0 aromatic carbocycles. The van der Waals surface area contributed by atoms with E-state index < -0.39 is 15.9 Å². The summed E-state index contributed by atoms with van der Waals surface area (Å²) in [6, 6.07) is 3.50. The Hall–Kier alpha value is -1.43. The zero-order valence-corrected chi connectivity index (χ0v) is 9.34. The Morgan fingerprint density at radius 1 is 1.53 bits per heavy atom. The lowest BCUT2D eigenvalue weighted by atomic mass is 10.2. The van der Waals surface area contributed by atoms with Gasteiger partial charge in [-0.15, -0.1) is 0 Å². The van der Waals surface area contributed by atoms with Crippen molar-refractivity contribution in [3.05, 3.63) is 29.6 Å². The summed E-state index contributed by atoms with van der Waals surface area (Å²) in [5.74, 6) is -0.872. The molecule has 0 spiro atoms. The van der Waals surface area contributed by atoms with Crippen LogP contribution in [0.2, 0.25) is 0 Å². The van der Waals surface area contributed by atoms with Crippen LogP contribution in [-0.4, -0.2) is 19.3 Å². The SMILES string of the molecule is CC(=O)NS(=O)(=O)Cc1ncccc1C. The fourth-order valence-corrected chi connectivity index (χ4v) is 2.28. The summed E-state index contributed by atoms with van der Waals surface area (Å²) in [5.41, 5.74) is 1.23. The number of hydrogen-bond donors (Lipinski definition) is 1. The van der Waals surface area contributed by atoms with E-state index >= 15 is 0 Å². The molecule has 0 saturated heterocycles. The van der Waals surface area contributed by atoms with Gasteiger partial charge in [-0.3, -0.25) is 14.5 Å². The Morgan fingerprint density at radius 2 is 2.20 bits per heavy atom. The van der Waals surface area contributed by atoms with Crippen molar-refractivity contribution in [1.82, 2.24) is 9.71 Å². The second-order valence-corrected chi connectivity index (χ2v) is 4.91. The lowest BCUT2D eigenvalue weighted by Gasteiger charge is -2.05. The maximum atomic E-state index is 11.4. The van der Waals surface area contributed by atoms with Crippen LogP contribution in [0.25, 0.3) is 0 Å². The Balaban J connectivity index is 2.87. The molecule has 0 atom stereocenters. The van der Waals surface area contributed by atoms with Crippen LogP contribution in [0, 0.1) is 6.92 Å². The first-order valence-corrected chi connectivity index (χ1v) is 5.97. The molecular weight excluding hydrogens is 216 g/mol. The number of amides is 1. The highest BCUT2D eigenvalue weighted by Crippen LogP contribution is 2.06. The fraction of sp³-hybridized carbons (Fsp3) is 0.333. The van der Waals surface area contributed by atoms with Gasteiger partial charge < -0.3 is 0 Å². The van der Waals surface area contributed by atoms with Gasteiger partial charge in [0.05, 0.1) is 5.69 Å². The minimum absolute atomic E-state index is 0.279. The van der Waals surface area contributed by atoms with Gasteiger partial charge in [0.2, 0.25) is 15.9 Å². The van der Waals surface area contributed by atoms with Crippen LogP contribution < -0.4 is 4.72 Å². The van der Waals surface area contributed by atoms with E-state index in [1.54, 1.807) is 19.1 Å². The van der Waals surface area contributed by atoms with Gasteiger partial charge in [0.25, 0.3) is 0 Å². The van der Waals surface area contributed by atoms with Crippen LogP contribution in [0.1, 0.15) is 18.2 Å². The highest BCUT2D eigenvalue weighted by Gasteiger charge is 2.14. The molecule has 0 radical (unpaired) electrons. The maximum absolute atomic E-state index is 11.4. The van der Waals surface area contributed by atoms with E-state index in [9.17, 15) is 13.2 Å². The molecule has 1 amide bonds. The van der Waals surface area contributed by atoms with Crippen LogP contribution >= 0.6 is 0 Å². The van der Waals surface area contributed by atoms with Crippen molar-refractivity contribution < 1.29 is 13.2 Å². The molecule has 0 aliphatic heterocycles. The molecule has 0 bridgehead atoms. The van der Waals surface area contributed by atoms with Crippen molar-refractivity contribution in [2.24, 2.45) is 0 Å². The van der Waals surface area contributed by atoms with Gasteiger partial charge in [-0.05, 0) is 18.6 Å². The Labute approximate surface area is 88.6 Å². The maximum Gasteiger partial charge on any atom is 0.240 e. The highest BCUT2D eigenvalue weighted by molar-refractivity contribution is 7.89. The normalized spacial score (nSPS) is 11.1. The minimum Gasteiger partial charge on any atom is -0.274 e. The third-order valence-electron chi connectivity index (χ3n) is 1.74. The van der Waals surface area contributed by atoms with E-state index in [2.05, 4.69) is 4.98 Å². The van der Waals surface area contributed by atoms with E-state index in [1.165, 1.54) is 6.20 Å². The molecule has 1 N–H and O–H groups in total. The number of nitrogens with one attached hydrogen (secondary N) is 1. The van der Waals surface area contributed by atoms with Crippen LogP contribution in [0.3, 0.4) is 0 Å². The van der Waals surface area contributed by atoms with Crippen molar-refractivity contribution in [3.8, 4) is 0 Å². The molecule has 1 aromatic heterocycles. The summed E-state index contributed by atoms with van der Waals surface area (Å²) in [7, 11) is -3.62. The zero-order valence-electron chi connectivity index (χ0n) is 8.52. The summed E-state index contributed by atoms with van der Waals surface area (Å²) >= 11 is 0. The van der Waals surface area contributed by atoms with Gasteiger partial charge >= 0.3 is 0 Å². The number of aryl methyl sites for hydroxylation is 1. The van der Waals surface area contributed by atoms with Gasteiger partial charge in [0, 0.05) is 13.1 Å². The predicted molar refractivity (Wildman–Crippen MR) is 55.4 cm³/mol. The van der Waals surface area contributed by atoms with Crippen LogP contribution in [-0.2, 0) is 20.6 Å². The topological polar surface area (TPSA) is 76.1 Å². The minimum atomic E-state index is -3.62. The largest absolute Gasteiger partial charge is 0.274 e. The zero-order chi connectivity index (χ0) is 11.5. The van der Waals surface area contributed by atoms with E-state index in [4.69, 9.17) is 0 Å². The van der Waals surface area contributed by atoms with Crippen molar-refractivity contribution in [2.45, 2.75) is 19.6 Å². The van der Waals surface area contributed by atoms with Crippen molar-refractivity contribution in [2.75, 3.05) is 0 Å². The fourth-order valence-electron chi connectivity index (χ4n) is 1.10. The molecular formula is C9H12N2O3S. The summed E-state index contributed by atoms with van der Waals surface area (Å²) in [6.07, 6.45) is 1.52. The average Bonchev–Trinajstić information content (AvgIpc) is 2.06. The summed E-state index contributed by atoms with van der Waals surface area (Å²) in [5, 5.41) is 0. The Bertz CT molecular complexity index is 468. The Morgan fingerprint density at radius 3 is 2.73 bits per heavy atom. The van der Waals surface area contributed by atoms with Gasteiger partial charge in [-0.25, -0.2) is 8.42 Å². The molecule has 5 nitrogen and oxygen atoms in total. The van der Waals surface area contributed by atoms with Gasteiger partial charge in [0.1, 0.15) is 5.75 Å². The smallest absolute Gasteiger partial charge is 0.240 e. The van der Waals surface area contributed by atoms with E-state index in [0.717, 1.165) is 12.5 Å². The van der Waals surface area contributed by atoms with Crippen LogP contribution in [0.15, 0.2) is 18.3 Å². The third kappa shape index (κ3) is 3.67. The molecule has 15 heavy (non-hydrogen) atoms. The number of pyridine rings is 1. The summed E-state index contributed by atoms with van der Waals surface area (Å²) in [4.78, 5) is 14.6. The van der Waals surface area contributed by atoms with E-state index in [0.29, 0.717) is 5.69 Å². The molecule has 0 unspecified atom stereocenters. The standard InChI is InChI=1S/C9H12N2O3S/c1-7-4-3-5-10-9(7)6-15(13,14)11-8(2)12/h3-5H,6H2,1-2H3,(H,11,12). The first kappa shape index (κ1) is 11.6. The number of rotatable bonds is 3. The lowest BCUT2D eigenvalue weighted by molar-refractivity contribution is -0.117.